The van der Waals surface area contributed by atoms with E-state index in [0.29, 0.717) is 20.6 Å². The summed E-state index contributed by atoms with van der Waals surface area (Å²) >= 11 is 1.98. The fourth-order valence-electron chi connectivity index (χ4n) is 1.36. The molecule has 2 rings (SSSR count). The Hall–Kier alpha value is -1.83. The number of pyridine rings is 1. The molecule has 0 aliphatic carbocycles. The van der Waals surface area contributed by atoms with Crippen molar-refractivity contribution in [3.63, 3.8) is 0 Å². The van der Waals surface area contributed by atoms with Crippen molar-refractivity contribution in [3.8, 4) is 5.75 Å². The molecule has 5 nitrogen and oxygen atoms in total. The minimum atomic E-state index is -0.368. The highest BCUT2D eigenvalue weighted by atomic mass is 127. The molecule has 1 amide bonds. The van der Waals surface area contributed by atoms with Crippen molar-refractivity contribution in [2.45, 2.75) is 0 Å². The molecular weight excluding hydrogens is 345 g/mol. The summed E-state index contributed by atoms with van der Waals surface area (Å²) in [6.45, 7) is 0. The monoisotopic (exact) mass is 355 g/mol. The summed E-state index contributed by atoms with van der Waals surface area (Å²) in [5.74, 6) is 0.00452. The Morgan fingerprint density at radius 1 is 1.39 bits per heavy atom. The van der Waals surface area contributed by atoms with Crippen LogP contribution in [-0.2, 0) is 0 Å². The number of phenols is 1. The Morgan fingerprint density at radius 3 is 2.83 bits per heavy atom. The molecule has 1 aromatic heterocycles. The molecule has 0 aliphatic rings. The van der Waals surface area contributed by atoms with E-state index >= 15 is 0 Å². The highest BCUT2D eigenvalue weighted by Crippen LogP contribution is 2.21. The van der Waals surface area contributed by atoms with Crippen LogP contribution in [-0.4, -0.2) is 16.0 Å². The van der Waals surface area contributed by atoms with E-state index in [0.717, 1.165) is 0 Å². The molecule has 0 spiro atoms. The van der Waals surface area contributed by atoms with Crippen molar-refractivity contribution < 1.29 is 9.90 Å². The van der Waals surface area contributed by atoms with E-state index in [1.54, 1.807) is 24.3 Å². The molecule has 0 atom stereocenters. The maximum Gasteiger partial charge on any atom is 0.257 e. The minimum Gasteiger partial charge on any atom is -0.507 e. The summed E-state index contributed by atoms with van der Waals surface area (Å²) in [4.78, 5) is 15.9. The minimum absolute atomic E-state index is 0.0669. The van der Waals surface area contributed by atoms with E-state index in [1.807, 2.05) is 22.6 Å². The molecular formula is C12H10IN3O2. The number of nitrogen functional groups attached to an aromatic ring is 1. The van der Waals surface area contributed by atoms with Crippen LogP contribution >= 0.6 is 22.6 Å². The van der Waals surface area contributed by atoms with Crippen molar-refractivity contribution >= 4 is 40.0 Å². The number of phenolic OH excluding ortho intramolecular Hbond substituents is 1. The van der Waals surface area contributed by atoms with Crippen LogP contribution < -0.4 is 11.1 Å². The molecule has 18 heavy (non-hydrogen) atoms. The van der Waals surface area contributed by atoms with Crippen LogP contribution in [0.1, 0.15) is 10.4 Å². The molecule has 0 radical (unpaired) electrons. The Kier molecular flexibility index (Phi) is 3.66. The smallest absolute Gasteiger partial charge is 0.257 e. The zero-order chi connectivity index (χ0) is 13.1. The third-order valence-corrected chi connectivity index (χ3v) is 3.19. The molecule has 0 unspecified atom stereocenters. The van der Waals surface area contributed by atoms with Crippen LogP contribution in [0.2, 0.25) is 0 Å². The number of hydrogen-bond acceptors (Lipinski definition) is 4. The molecule has 0 bridgehead atoms. The topological polar surface area (TPSA) is 88.2 Å². The number of amides is 1. The SMILES string of the molecule is Nc1cccnc1NC(=O)c1ccc(I)c(O)c1. The zero-order valence-corrected chi connectivity index (χ0v) is 11.4. The predicted octanol–water partition coefficient (Wildman–Crippen LogP) is 2.23. The second-order valence-corrected chi connectivity index (χ2v) is 4.72. The van der Waals surface area contributed by atoms with Gasteiger partial charge in [-0.15, -0.1) is 0 Å². The normalized spacial score (nSPS) is 10.1. The number of halogens is 1. The van der Waals surface area contributed by atoms with Gasteiger partial charge in [-0.2, -0.15) is 0 Å². The van der Waals surface area contributed by atoms with Gasteiger partial charge in [-0.25, -0.2) is 4.98 Å². The first kappa shape index (κ1) is 12.6. The van der Waals surface area contributed by atoms with E-state index in [4.69, 9.17) is 5.73 Å². The lowest BCUT2D eigenvalue weighted by Gasteiger charge is -2.07. The summed E-state index contributed by atoms with van der Waals surface area (Å²) < 4.78 is 0.682. The van der Waals surface area contributed by atoms with Gasteiger partial charge in [-0.1, -0.05) is 0 Å². The van der Waals surface area contributed by atoms with Gasteiger partial charge < -0.3 is 16.2 Å². The Morgan fingerprint density at radius 2 is 2.17 bits per heavy atom. The summed E-state index contributed by atoms with van der Waals surface area (Å²) in [6.07, 6.45) is 1.54. The number of nitrogens with one attached hydrogen (secondary N) is 1. The van der Waals surface area contributed by atoms with E-state index in [9.17, 15) is 9.90 Å². The maximum absolute atomic E-state index is 11.9. The number of nitrogens with two attached hydrogens (primary N) is 1. The first-order valence-corrected chi connectivity index (χ1v) is 6.16. The lowest BCUT2D eigenvalue weighted by atomic mass is 10.2. The first-order chi connectivity index (χ1) is 8.58. The van der Waals surface area contributed by atoms with Crippen LogP contribution in [0, 0.1) is 3.57 Å². The van der Waals surface area contributed by atoms with Crippen LogP contribution in [0.15, 0.2) is 36.5 Å². The summed E-state index contributed by atoms with van der Waals surface area (Å²) in [6, 6.07) is 8.01. The van der Waals surface area contributed by atoms with Crippen LogP contribution in [0.25, 0.3) is 0 Å². The van der Waals surface area contributed by atoms with Crippen molar-refractivity contribution in [2.75, 3.05) is 11.1 Å². The average molecular weight is 355 g/mol. The van der Waals surface area contributed by atoms with Gasteiger partial charge in [0.15, 0.2) is 5.82 Å². The van der Waals surface area contributed by atoms with Crippen molar-refractivity contribution in [3.05, 3.63) is 45.7 Å². The van der Waals surface area contributed by atoms with E-state index in [1.165, 1.54) is 12.3 Å². The molecule has 6 heteroatoms. The second-order valence-electron chi connectivity index (χ2n) is 3.56. The van der Waals surface area contributed by atoms with Crippen molar-refractivity contribution in [1.82, 2.24) is 4.98 Å². The fourth-order valence-corrected chi connectivity index (χ4v) is 1.69. The second kappa shape index (κ2) is 5.21. The molecule has 1 aromatic carbocycles. The average Bonchev–Trinajstić information content (AvgIpc) is 2.35. The molecule has 0 fully saturated rings. The van der Waals surface area contributed by atoms with Gasteiger partial charge in [-0.05, 0) is 52.9 Å². The number of aromatic hydroxyl groups is 1. The summed E-state index contributed by atoms with van der Waals surface area (Å²) in [7, 11) is 0. The lowest BCUT2D eigenvalue weighted by molar-refractivity contribution is 0.102. The number of carbonyl (C=O) groups excluding carboxylic acids is 1. The summed E-state index contributed by atoms with van der Waals surface area (Å²) in [5.41, 5.74) is 6.41. The molecule has 0 aliphatic heterocycles. The quantitative estimate of drug-likeness (QED) is 0.721. The number of anilines is 2. The Balaban J connectivity index is 2.22. The predicted molar refractivity (Wildman–Crippen MR) is 77.4 cm³/mol. The third-order valence-electron chi connectivity index (χ3n) is 2.28. The van der Waals surface area contributed by atoms with Gasteiger partial charge >= 0.3 is 0 Å². The molecule has 0 saturated carbocycles. The zero-order valence-electron chi connectivity index (χ0n) is 9.22. The number of hydrogen-bond donors (Lipinski definition) is 3. The van der Waals surface area contributed by atoms with E-state index in [2.05, 4.69) is 10.3 Å². The number of nitrogens with zero attached hydrogens (tertiary/aromatic N) is 1. The maximum atomic E-state index is 11.9. The molecule has 2 aromatic rings. The third kappa shape index (κ3) is 2.70. The lowest BCUT2D eigenvalue weighted by Crippen LogP contribution is -2.14. The largest absolute Gasteiger partial charge is 0.507 e. The van der Waals surface area contributed by atoms with Gasteiger partial charge in [0.25, 0.3) is 5.91 Å². The Bertz CT molecular complexity index is 602. The van der Waals surface area contributed by atoms with Gasteiger partial charge in [-0.3, -0.25) is 4.79 Å². The van der Waals surface area contributed by atoms with Crippen LogP contribution in [0.5, 0.6) is 5.75 Å². The summed E-state index contributed by atoms with van der Waals surface area (Å²) in [5, 5.41) is 12.1. The van der Waals surface area contributed by atoms with E-state index < -0.39 is 0 Å². The highest BCUT2D eigenvalue weighted by molar-refractivity contribution is 14.1. The number of benzene rings is 1. The van der Waals surface area contributed by atoms with Crippen molar-refractivity contribution in [2.24, 2.45) is 0 Å². The highest BCUT2D eigenvalue weighted by Gasteiger charge is 2.10. The van der Waals surface area contributed by atoms with Crippen LogP contribution in [0.4, 0.5) is 11.5 Å². The van der Waals surface area contributed by atoms with Gasteiger partial charge in [0.1, 0.15) is 5.75 Å². The molecule has 1 heterocycles. The first-order valence-electron chi connectivity index (χ1n) is 5.08. The number of rotatable bonds is 2. The van der Waals surface area contributed by atoms with Crippen molar-refractivity contribution in [1.29, 1.82) is 0 Å². The Labute approximate surface area is 117 Å². The molecule has 4 N–H and O–H groups in total. The van der Waals surface area contributed by atoms with Gasteiger partial charge in [0, 0.05) is 11.8 Å². The number of carbonyl (C=O) groups is 1. The molecule has 92 valence electrons. The van der Waals surface area contributed by atoms with Crippen LogP contribution in [0.3, 0.4) is 0 Å². The van der Waals surface area contributed by atoms with E-state index in [-0.39, 0.29) is 11.7 Å². The standard InChI is InChI=1S/C12H10IN3O2/c13-8-4-3-7(6-10(8)17)12(18)16-11-9(14)2-1-5-15-11/h1-6,17H,14H2,(H,15,16,18). The van der Waals surface area contributed by atoms with Gasteiger partial charge in [0.2, 0.25) is 0 Å². The molecule has 0 saturated heterocycles. The number of aromatic nitrogens is 1. The fraction of sp³-hybridized carbons (Fsp3) is 0. The van der Waals surface area contributed by atoms with Gasteiger partial charge in [0.05, 0.1) is 9.26 Å².